The molecule has 0 fully saturated rings. The number of hydrogen-bond donors (Lipinski definition) is 1. The number of hydrogen-bond acceptors (Lipinski definition) is 3. The molecule has 4 nitrogen and oxygen atoms in total. The number of carbonyl (C=O) groups is 1. The fourth-order valence-corrected chi connectivity index (χ4v) is 1.90. The van der Waals surface area contributed by atoms with Gasteiger partial charge in [0.05, 0.1) is 5.54 Å². The van der Waals surface area contributed by atoms with Gasteiger partial charge in [-0.15, -0.1) is 24.8 Å². The molecule has 1 aromatic heterocycles. The molecule has 1 atom stereocenters. The van der Waals surface area contributed by atoms with Gasteiger partial charge in [0, 0.05) is 26.0 Å². The summed E-state index contributed by atoms with van der Waals surface area (Å²) >= 11 is 0. The minimum absolute atomic E-state index is 0. The maximum absolute atomic E-state index is 12.1. The first-order valence-corrected chi connectivity index (χ1v) is 5.90. The van der Waals surface area contributed by atoms with Crippen molar-refractivity contribution in [3.63, 3.8) is 0 Å². The average molecular weight is 308 g/mol. The van der Waals surface area contributed by atoms with E-state index in [1.807, 2.05) is 19.1 Å². The summed E-state index contributed by atoms with van der Waals surface area (Å²) in [5.41, 5.74) is 6.26. The van der Waals surface area contributed by atoms with E-state index in [1.165, 1.54) is 0 Å². The lowest BCUT2D eigenvalue weighted by molar-refractivity contribution is -0.135. The molecule has 110 valence electrons. The lowest BCUT2D eigenvalue weighted by atomic mass is 9.96. The van der Waals surface area contributed by atoms with Crippen LogP contribution in [0.25, 0.3) is 0 Å². The highest BCUT2D eigenvalue weighted by molar-refractivity contribution is 5.86. The number of halogens is 2. The van der Waals surface area contributed by atoms with Gasteiger partial charge in [-0.05, 0) is 25.0 Å². The Morgan fingerprint density at radius 1 is 1.47 bits per heavy atom. The predicted octanol–water partition coefficient (Wildman–Crippen LogP) is 2.40. The Morgan fingerprint density at radius 3 is 2.58 bits per heavy atom. The maximum Gasteiger partial charge on any atom is 0.242 e. The Balaban J connectivity index is 0. The lowest BCUT2D eigenvalue weighted by Gasteiger charge is -2.29. The Bertz CT molecular complexity index is 371. The second-order valence-corrected chi connectivity index (χ2v) is 4.69. The van der Waals surface area contributed by atoms with Crippen molar-refractivity contribution in [2.24, 2.45) is 5.73 Å². The van der Waals surface area contributed by atoms with Gasteiger partial charge in [0.1, 0.15) is 0 Å². The molecule has 0 aliphatic carbocycles. The Kier molecular flexibility index (Phi) is 9.84. The highest BCUT2D eigenvalue weighted by Crippen LogP contribution is 2.13. The first-order valence-electron chi connectivity index (χ1n) is 5.90. The molecule has 0 radical (unpaired) electrons. The summed E-state index contributed by atoms with van der Waals surface area (Å²) in [6, 6.07) is 3.81. The van der Waals surface area contributed by atoms with Gasteiger partial charge in [0.25, 0.3) is 0 Å². The Hall–Kier alpha value is -0.840. The fraction of sp³-hybridized carbons (Fsp3) is 0.538. The average Bonchev–Trinajstić information content (AvgIpc) is 2.29. The summed E-state index contributed by atoms with van der Waals surface area (Å²) < 4.78 is 0. The Labute approximate surface area is 127 Å². The first-order chi connectivity index (χ1) is 7.97. The van der Waals surface area contributed by atoms with Crippen LogP contribution in [-0.4, -0.2) is 28.4 Å². The summed E-state index contributed by atoms with van der Waals surface area (Å²) in [4.78, 5) is 17.8. The van der Waals surface area contributed by atoms with Crippen LogP contribution in [0.1, 0.15) is 32.3 Å². The second kappa shape index (κ2) is 9.13. The van der Waals surface area contributed by atoms with Crippen molar-refractivity contribution in [2.75, 3.05) is 7.05 Å². The summed E-state index contributed by atoms with van der Waals surface area (Å²) in [6.45, 7) is 4.36. The predicted molar refractivity (Wildman–Crippen MR) is 82.7 cm³/mol. The van der Waals surface area contributed by atoms with Crippen molar-refractivity contribution in [3.05, 3.63) is 30.1 Å². The SMILES string of the molecule is CCCC(C)(N)C(=O)N(C)Cc1cccnc1.Cl.Cl. The minimum atomic E-state index is -0.772. The molecule has 0 saturated carbocycles. The summed E-state index contributed by atoms with van der Waals surface area (Å²) in [5.74, 6) is -0.0248. The number of likely N-dealkylation sites (N-methyl/N-ethyl adjacent to an activating group) is 1. The topological polar surface area (TPSA) is 59.2 Å². The zero-order valence-electron chi connectivity index (χ0n) is 11.6. The second-order valence-electron chi connectivity index (χ2n) is 4.69. The van der Waals surface area contributed by atoms with Crippen LogP contribution < -0.4 is 5.73 Å². The van der Waals surface area contributed by atoms with Gasteiger partial charge in [0.15, 0.2) is 0 Å². The van der Waals surface area contributed by atoms with Crippen LogP contribution in [0.2, 0.25) is 0 Å². The van der Waals surface area contributed by atoms with Crippen LogP contribution in [0, 0.1) is 0 Å². The highest BCUT2D eigenvalue weighted by atomic mass is 35.5. The monoisotopic (exact) mass is 307 g/mol. The molecule has 1 amide bonds. The zero-order chi connectivity index (χ0) is 12.9. The first kappa shape index (κ1) is 20.5. The molecule has 0 spiro atoms. The van der Waals surface area contributed by atoms with Gasteiger partial charge < -0.3 is 10.6 Å². The largest absolute Gasteiger partial charge is 0.340 e. The standard InChI is InChI=1S/C13H21N3O.2ClH/c1-4-7-13(2,14)12(17)16(3)10-11-6-5-8-15-9-11;;/h5-6,8-9H,4,7,10,14H2,1-3H3;2*1H. The van der Waals surface area contributed by atoms with Crippen molar-refractivity contribution >= 4 is 30.7 Å². The third-order valence-corrected chi connectivity index (χ3v) is 2.75. The van der Waals surface area contributed by atoms with Crippen molar-refractivity contribution in [1.82, 2.24) is 9.88 Å². The van der Waals surface area contributed by atoms with Crippen LogP contribution in [0.4, 0.5) is 0 Å². The zero-order valence-corrected chi connectivity index (χ0v) is 13.3. The van der Waals surface area contributed by atoms with E-state index in [4.69, 9.17) is 5.73 Å². The van der Waals surface area contributed by atoms with E-state index < -0.39 is 5.54 Å². The Morgan fingerprint density at radius 2 is 2.11 bits per heavy atom. The molecule has 0 aromatic carbocycles. The molecule has 1 aromatic rings. The van der Waals surface area contributed by atoms with E-state index in [1.54, 1.807) is 31.3 Å². The van der Waals surface area contributed by atoms with E-state index >= 15 is 0 Å². The van der Waals surface area contributed by atoms with E-state index in [9.17, 15) is 4.79 Å². The van der Waals surface area contributed by atoms with Crippen LogP contribution in [0.5, 0.6) is 0 Å². The van der Waals surface area contributed by atoms with Gasteiger partial charge in [-0.2, -0.15) is 0 Å². The van der Waals surface area contributed by atoms with Crippen molar-refractivity contribution < 1.29 is 4.79 Å². The van der Waals surface area contributed by atoms with Crippen molar-refractivity contribution in [1.29, 1.82) is 0 Å². The van der Waals surface area contributed by atoms with Crippen LogP contribution in [0.3, 0.4) is 0 Å². The third kappa shape index (κ3) is 6.23. The van der Waals surface area contributed by atoms with Gasteiger partial charge >= 0.3 is 0 Å². The number of carbonyl (C=O) groups excluding carboxylic acids is 1. The lowest BCUT2D eigenvalue weighted by Crippen LogP contribution is -2.51. The van der Waals surface area contributed by atoms with E-state index in [2.05, 4.69) is 4.98 Å². The molecule has 6 heteroatoms. The van der Waals surface area contributed by atoms with E-state index in [-0.39, 0.29) is 30.7 Å². The van der Waals surface area contributed by atoms with Crippen LogP contribution in [-0.2, 0) is 11.3 Å². The number of nitrogens with zero attached hydrogens (tertiary/aromatic N) is 2. The minimum Gasteiger partial charge on any atom is -0.340 e. The number of nitrogens with two attached hydrogens (primary N) is 1. The summed E-state index contributed by atoms with van der Waals surface area (Å²) in [7, 11) is 1.77. The van der Waals surface area contributed by atoms with E-state index in [0.29, 0.717) is 13.0 Å². The van der Waals surface area contributed by atoms with Gasteiger partial charge in [-0.3, -0.25) is 9.78 Å². The molecule has 19 heavy (non-hydrogen) atoms. The molecule has 1 unspecified atom stereocenters. The number of aromatic nitrogens is 1. The molecule has 0 aliphatic rings. The van der Waals surface area contributed by atoms with E-state index in [0.717, 1.165) is 12.0 Å². The fourth-order valence-electron chi connectivity index (χ4n) is 1.90. The molecule has 2 N–H and O–H groups in total. The maximum atomic E-state index is 12.1. The quantitative estimate of drug-likeness (QED) is 0.908. The molecule has 0 bridgehead atoms. The molecule has 1 rings (SSSR count). The summed E-state index contributed by atoms with van der Waals surface area (Å²) in [5, 5.41) is 0. The molecule has 1 heterocycles. The number of rotatable bonds is 5. The summed E-state index contributed by atoms with van der Waals surface area (Å²) in [6.07, 6.45) is 5.08. The number of pyridine rings is 1. The van der Waals surface area contributed by atoms with Crippen molar-refractivity contribution in [3.8, 4) is 0 Å². The smallest absolute Gasteiger partial charge is 0.242 e. The molecular formula is C13H23Cl2N3O. The highest BCUT2D eigenvalue weighted by Gasteiger charge is 2.29. The van der Waals surface area contributed by atoms with Crippen LogP contribution in [0.15, 0.2) is 24.5 Å². The molecular weight excluding hydrogens is 285 g/mol. The van der Waals surface area contributed by atoms with Gasteiger partial charge in [0.2, 0.25) is 5.91 Å². The molecule has 0 aliphatic heterocycles. The van der Waals surface area contributed by atoms with Crippen molar-refractivity contribution in [2.45, 2.75) is 38.8 Å². The molecule has 0 saturated heterocycles. The third-order valence-electron chi connectivity index (χ3n) is 2.75. The van der Waals surface area contributed by atoms with Gasteiger partial charge in [-0.25, -0.2) is 0 Å². The van der Waals surface area contributed by atoms with Crippen LogP contribution >= 0.6 is 24.8 Å². The number of amides is 1. The normalized spacial score (nSPS) is 12.6. The van der Waals surface area contributed by atoms with Gasteiger partial charge in [-0.1, -0.05) is 19.4 Å².